The number of carboxylic acids is 1. The third-order valence-electron chi connectivity index (χ3n) is 4.60. The van der Waals surface area contributed by atoms with E-state index < -0.39 is 18.4 Å². The quantitative estimate of drug-likeness (QED) is 0.447. The number of carboxylic acid groups (broad SMARTS) is 1. The Hall–Kier alpha value is -3.16. The molecule has 0 unspecified atom stereocenters. The lowest BCUT2D eigenvalue weighted by atomic mass is 10.1. The van der Waals surface area contributed by atoms with Gasteiger partial charge in [0.1, 0.15) is 23.2 Å². The fourth-order valence-electron chi connectivity index (χ4n) is 3.20. The van der Waals surface area contributed by atoms with Crippen LogP contribution >= 0.6 is 24.0 Å². The molecule has 30 heavy (non-hydrogen) atoms. The molecule has 0 aliphatic carbocycles. The fourth-order valence-corrected chi connectivity index (χ4v) is 4.45. The highest BCUT2D eigenvalue weighted by atomic mass is 32.2. The van der Waals surface area contributed by atoms with Gasteiger partial charge in [0.25, 0.3) is 5.91 Å². The molecule has 0 atom stereocenters. The highest BCUT2D eigenvalue weighted by Gasteiger charge is 2.33. The van der Waals surface area contributed by atoms with Crippen molar-refractivity contribution < 1.29 is 19.4 Å². The van der Waals surface area contributed by atoms with E-state index in [4.69, 9.17) is 22.1 Å². The first-order valence-corrected chi connectivity index (χ1v) is 10.4. The van der Waals surface area contributed by atoms with Crippen molar-refractivity contribution in [3.8, 4) is 5.75 Å². The van der Waals surface area contributed by atoms with E-state index in [2.05, 4.69) is 18.2 Å². The van der Waals surface area contributed by atoms with E-state index in [0.717, 1.165) is 38.6 Å². The van der Waals surface area contributed by atoms with E-state index in [0.29, 0.717) is 17.3 Å². The largest absolute Gasteiger partial charge is 0.489 e. The smallest absolute Gasteiger partial charge is 0.323 e. The van der Waals surface area contributed by atoms with Gasteiger partial charge in [-0.25, -0.2) is 0 Å². The number of benzene rings is 3. The van der Waals surface area contributed by atoms with Crippen molar-refractivity contribution in [3.05, 3.63) is 82.8 Å². The molecule has 1 saturated heterocycles. The average Bonchev–Trinajstić information content (AvgIpc) is 2.99. The van der Waals surface area contributed by atoms with E-state index in [1.54, 1.807) is 6.08 Å². The van der Waals surface area contributed by atoms with Crippen molar-refractivity contribution in [1.82, 2.24) is 4.90 Å². The normalized spacial score (nSPS) is 15.2. The molecular formula is C23H17NO4S2. The highest BCUT2D eigenvalue weighted by Crippen LogP contribution is 2.33. The number of rotatable bonds is 6. The third-order valence-corrected chi connectivity index (χ3v) is 5.97. The van der Waals surface area contributed by atoms with Crippen LogP contribution in [-0.4, -0.2) is 32.7 Å². The first-order valence-electron chi connectivity index (χ1n) is 9.18. The van der Waals surface area contributed by atoms with E-state index in [1.165, 1.54) is 0 Å². The minimum absolute atomic E-state index is 0.247. The molecule has 0 saturated carbocycles. The zero-order chi connectivity index (χ0) is 21.1. The lowest BCUT2D eigenvalue weighted by Gasteiger charge is -2.10. The first-order chi connectivity index (χ1) is 14.5. The Morgan fingerprint density at radius 3 is 2.70 bits per heavy atom. The number of ether oxygens (including phenoxy) is 1. The van der Waals surface area contributed by atoms with Gasteiger partial charge >= 0.3 is 5.97 Å². The molecule has 0 spiro atoms. The van der Waals surface area contributed by atoms with Gasteiger partial charge in [0.2, 0.25) is 0 Å². The van der Waals surface area contributed by atoms with Crippen LogP contribution in [0.25, 0.3) is 16.8 Å². The summed E-state index contributed by atoms with van der Waals surface area (Å²) in [5.74, 6) is -0.816. The van der Waals surface area contributed by atoms with Crippen LogP contribution in [-0.2, 0) is 16.2 Å². The number of fused-ring (bicyclic) bond motifs is 1. The summed E-state index contributed by atoms with van der Waals surface area (Å²) < 4.78 is 6.24. The monoisotopic (exact) mass is 435 g/mol. The van der Waals surface area contributed by atoms with Crippen LogP contribution < -0.4 is 4.74 Å². The van der Waals surface area contributed by atoms with Crippen molar-refractivity contribution in [2.45, 2.75) is 6.61 Å². The zero-order valence-corrected chi connectivity index (χ0v) is 17.4. The van der Waals surface area contributed by atoms with Gasteiger partial charge in [0, 0.05) is 0 Å². The number of nitrogens with zero attached hydrogens (tertiary/aromatic N) is 1. The lowest BCUT2D eigenvalue weighted by Crippen LogP contribution is -2.33. The van der Waals surface area contributed by atoms with E-state index >= 15 is 0 Å². The topological polar surface area (TPSA) is 66.8 Å². The van der Waals surface area contributed by atoms with Gasteiger partial charge < -0.3 is 9.84 Å². The number of hydrogen-bond donors (Lipinski definition) is 1. The van der Waals surface area contributed by atoms with Gasteiger partial charge in [0.15, 0.2) is 0 Å². The molecule has 0 bridgehead atoms. The molecule has 1 fully saturated rings. The summed E-state index contributed by atoms with van der Waals surface area (Å²) in [6.07, 6.45) is 1.70. The summed E-state index contributed by atoms with van der Waals surface area (Å²) >= 11 is 6.23. The minimum atomic E-state index is -1.10. The summed E-state index contributed by atoms with van der Waals surface area (Å²) in [4.78, 5) is 24.8. The SMILES string of the molecule is O=C(O)CN1C(=O)/C(=C\c2cccc(OCc3cccc4ccccc34)c2)SC1=S. The summed E-state index contributed by atoms with van der Waals surface area (Å²) in [5.41, 5.74) is 1.87. The van der Waals surface area contributed by atoms with Crippen LogP contribution in [0, 0.1) is 0 Å². The number of thiocarbonyl (C=S) groups is 1. The number of carbonyl (C=O) groups is 2. The minimum Gasteiger partial charge on any atom is -0.489 e. The lowest BCUT2D eigenvalue weighted by molar-refractivity contribution is -0.140. The van der Waals surface area contributed by atoms with E-state index in [1.807, 2.05) is 48.5 Å². The summed E-state index contributed by atoms with van der Waals surface area (Å²) in [7, 11) is 0. The number of aliphatic carboxylic acids is 1. The standard InChI is InChI=1S/C23H17NO4S2/c25-21(26)13-24-22(27)20(30-23(24)29)12-15-5-3-9-18(11-15)28-14-17-8-4-7-16-6-1-2-10-19(16)17/h1-12H,13-14H2,(H,25,26)/b20-12+. The second kappa shape index (κ2) is 8.69. The molecule has 1 heterocycles. The predicted octanol–water partition coefficient (Wildman–Crippen LogP) is 4.70. The van der Waals surface area contributed by atoms with Crippen molar-refractivity contribution in [3.63, 3.8) is 0 Å². The Morgan fingerprint density at radius 2 is 1.87 bits per heavy atom. The Kier molecular flexibility index (Phi) is 5.83. The Bertz CT molecular complexity index is 1180. The maximum Gasteiger partial charge on any atom is 0.323 e. The molecule has 0 aromatic heterocycles. The Labute approximate surface area is 183 Å². The van der Waals surface area contributed by atoms with Crippen LogP contribution in [0.3, 0.4) is 0 Å². The number of carbonyl (C=O) groups excluding carboxylic acids is 1. The molecule has 5 nitrogen and oxygen atoms in total. The summed E-state index contributed by atoms with van der Waals surface area (Å²) in [6.45, 7) is -0.0122. The molecule has 3 aromatic rings. The fraction of sp³-hybridized carbons (Fsp3) is 0.0870. The average molecular weight is 436 g/mol. The molecule has 3 aromatic carbocycles. The van der Waals surface area contributed by atoms with Crippen molar-refractivity contribution in [2.24, 2.45) is 0 Å². The van der Waals surface area contributed by atoms with Gasteiger partial charge in [0.05, 0.1) is 4.91 Å². The molecule has 150 valence electrons. The summed E-state index contributed by atoms with van der Waals surface area (Å²) in [5, 5.41) is 11.3. The van der Waals surface area contributed by atoms with Crippen LogP contribution in [0.1, 0.15) is 11.1 Å². The Morgan fingerprint density at radius 1 is 1.10 bits per heavy atom. The van der Waals surface area contributed by atoms with Gasteiger partial charge in [-0.05, 0) is 40.1 Å². The maximum absolute atomic E-state index is 12.4. The molecule has 1 N–H and O–H groups in total. The van der Waals surface area contributed by atoms with E-state index in [-0.39, 0.29) is 4.32 Å². The maximum atomic E-state index is 12.4. The highest BCUT2D eigenvalue weighted by molar-refractivity contribution is 8.26. The second-order valence-corrected chi connectivity index (χ2v) is 8.34. The molecule has 4 rings (SSSR count). The zero-order valence-electron chi connectivity index (χ0n) is 15.8. The first kappa shape index (κ1) is 20.1. The summed E-state index contributed by atoms with van der Waals surface area (Å²) in [6, 6.07) is 21.7. The van der Waals surface area contributed by atoms with Gasteiger partial charge in [-0.3, -0.25) is 14.5 Å². The third kappa shape index (κ3) is 4.37. The Balaban J connectivity index is 1.51. The molecular weight excluding hydrogens is 418 g/mol. The van der Waals surface area contributed by atoms with Crippen LogP contribution in [0.15, 0.2) is 71.6 Å². The molecule has 1 aliphatic heterocycles. The van der Waals surface area contributed by atoms with Crippen LogP contribution in [0.2, 0.25) is 0 Å². The molecule has 0 radical (unpaired) electrons. The van der Waals surface area contributed by atoms with Crippen LogP contribution in [0.5, 0.6) is 5.75 Å². The van der Waals surface area contributed by atoms with E-state index in [9.17, 15) is 9.59 Å². The molecule has 7 heteroatoms. The van der Waals surface area contributed by atoms with Crippen molar-refractivity contribution in [1.29, 1.82) is 0 Å². The van der Waals surface area contributed by atoms with Crippen molar-refractivity contribution in [2.75, 3.05) is 6.54 Å². The predicted molar refractivity (Wildman–Crippen MR) is 122 cm³/mol. The number of hydrogen-bond acceptors (Lipinski definition) is 5. The second-order valence-electron chi connectivity index (χ2n) is 6.66. The number of amides is 1. The molecule has 1 aliphatic rings. The molecule has 1 amide bonds. The number of thioether (sulfide) groups is 1. The van der Waals surface area contributed by atoms with Crippen LogP contribution in [0.4, 0.5) is 0 Å². The van der Waals surface area contributed by atoms with Crippen molar-refractivity contribution >= 4 is 57.0 Å². The van der Waals surface area contributed by atoms with Gasteiger partial charge in [-0.15, -0.1) is 0 Å². The van der Waals surface area contributed by atoms with Gasteiger partial charge in [-0.1, -0.05) is 78.6 Å². The van der Waals surface area contributed by atoms with Gasteiger partial charge in [-0.2, -0.15) is 0 Å².